The van der Waals surface area contributed by atoms with Gasteiger partial charge in [0.05, 0.1) is 4.92 Å². The van der Waals surface area contributed by atoms with E-state index in [4.69, 9.17) is 5.84 Å². The van der Waals surface area contributed by atoms with Crippen molar-refractivity contribution < 1.29 is 13.3 Å². The molecule has 20 heavy (non-hydrogen) atoms. The van der Waals surface area contributed by atoms with Crippen LogP contribution in [0.5, 0.6) is 0 Å². The van der Waals surface area contributed by atoms with Gasteiger partial charge in [-0.1, -0.05) is 32.1 Å². The smallest absolute Gasteiger partial charge is 0.306 e. The van der Waals surface area contributed by atoms with Crippen LogP contribution in [0.3, 0.4) is 0 Å². The summed E-state index contributed by atoms with van der Waals surface area (Å²) in [6, 6.07) is 1.00. The Morgan fingerprint density at radius 3 is 2.45 bits per heavy atom. The molecule has 0 saturated heterocycles. The third-order valence-corrected chi connectivity index (χ3v) is 5.97. The van der Waals surface area contributed by atoms with Crippen molar-refractivity contribution in [3.8, 4) is 0 Å². The van der Waals surface area contributed by atoms with Crippen LogP contribution in [0.4, 0.5) is 10.7 Å². The number of nitrogens with one attached hydrogen (secondary N) is 2. The third kappa shape index (κ3) is 3.88. The number of nitrogens with two attached hydrogens (primary N) is 1. The van der Waals surface area contributed by atoms with E-state index in [9.17, 15) is 18.5 Å². The van der Waals surface area contributed by atoms with Gasteiger partial charge in [0.1, 0.15) is 4.21 Å². The molecule has 1 rings (SSSR count). The van der Waals surface area contributed by atoms with Gasteiger partial charge in [0, 0.05) is 12.6 Å². The summed E-state index contributed by atoms with van der Waals surface area (Å²) in [6.45, 7) is 6.19. The van der Waals surface area contributed by atoms with Gasteiger partial charge < -0.3 is 5.43 Å². The lowest BCUT2D eigenvalue weighted by Gasteiger charge is -2.15. The van der Waals surface area contributed by atoms with E-state index in [2.05, 4.69) is 10.1 Å². The van der Waals surface area contributed by atoms with Crippen molar-refractivity contribution >= 4 is 32.0 Å². The minimum absolute atomic E-state index is 0.00674. The maximum Gasteiger partial charge on any atom is 0.306 e. The number of nitrogens with zero attached hydrogens (tertiary/aromatic N) is 1. The molecule has 1 atom stereocenters. The van der Waals surface area contributed by atoms with Gasteiger partial charge in [0.15, 0.2) is 5.00 Å². The highest BCUT2D eigenvalue weighted by Crippen LogP contribution is 2.36. The topological polar surface area (TPSA) is 127 Å². The summed E-state index contributed by atoms with van der Waals surface area (Å²) >= 11 is 0.727. The molecule has 0 aliphatic heterocycles. The maximum absolute atomic E-state index is 12.1. The van der Waals surface area contributed by atoms with Crippen LogP contribution in [-0.2, 0) is 10.0 Å². The molecule has 8 nitrogen and oxygen atoms in total. The highest BCUT2D eigenvalue weighted by atomic mass is 32.2. The molecule has 114 valence electrons. The summed E-state index contributed by atoms with van der Waals surface area (Å²) in [5.41, 5.74) is 1.79. The first-order chi connectivity index (χ1) is 9.19. The highest BCUT2D eigenvalue weighted by Gasteiger charge is 2.26. The molecule has 1 aromatic rings. The normalized spacial score (nSPS) is 13.4. The van der Waals surface area contributed by atoms with Crippen LogP contribution in [0, 0.1) is 22.0 Å². The molecule has 0 spiro atoms. The molecule has 0 saturated carbocycles. The molecule has 0 fully saturated rings. The summed E-state index contributed by atoms with van der Waals surface area (Å²) in [5, 5.41) is 10.8. The lowest BCUT2D eigenvalue weighted by molar-refractivity contribution is -0.383. The van der Waals surface area contributed by atoms with Crippen LogP contribution in [-0.4, -0.2) is 19.9 Å². The highest BCUT2D eigenvalue weighted by molar-refractivity contribution is 7.91. The van der Waals surface area contributed by atoms with Crippen LogP contribution in [0.15, 0.2) is 10.3 Å². The molecule has 0 aliphatic carbocycles. The molecule has 0 amide bonds. The average molecular weight is 322 g/mol. The molecule has 0 bridgehead atoms. The van der Waals surface area contributed by atoms with Gasteiger partial charge in [0.25, 0.3) is 0 Å². The van der Waals surface area contributed by atoms with Crippen molar-refractivity contribution in [3.63, 3.8) is 0 Å². The van der Waals surface area contributed by atoms with Crippen molar-refractivity contribution in [1.29, 1.82) is 0 Å². The molecule has 0 radical (unpaired) electrons. The third-order valence-electron chi connectivity index (χ3n) is 3.02. The standard InChI is InChI=1S/C10H18N4O4S2/c1-6(2)7(3)5-12-20(17,18)9-4-8(14(15)16)10(13-11)19-9/h4,6-7,12-13H,5,11H2,1-3H3. The molecule has 0 aromatic carbocycles. The van der Waals surface area contributed by atoms with Crippen LogP contribution >= 0.6 is 11.3 Å². The first-order valence-corrected chi connectivity index (χ1v) is 8.23. The number of anilines is 1. The van der Waals surface area contributed by atoms with E-state index in [1.165, 1.54) is 0 Å². The predicted molar refractivity (Wildman–Crippen MR) is 78.0 cm³/mol. The van der Waals surface area contributed by atoms with E-state index in [1.54, 1.807) is 0 Å². The second-order valence-corrected chi connectivity index (χ2v) is 7.80. The SMILES string of the molecule is CC(C)C(C)CNS(=O)(=O)c1cc([N+](=O)[O-])c(NN)s1. The Kier molecular flexibility index (Phi) is 5.45. The molecule has 1 aromatic heterocycles. The fraction of sp³-hybridized carbons (Fsp3) is 0.600. The monoisotopic (exact) mass is 322 g/mol. The van der Waals surface area contributed by atoms with E-state index < -0.39 is 14.9 Å². The molecule has 1 heterocycles. The Morgan fingerprint density at radius 2 is 2.05 bits per heavy atom. The summed E-state index contributed by atoms with van der Waals surface area (Å²) in [6.07, 6.45) is 0. The van der Waals surface area contributed by atoms with Gasteiger partial charge in [0.2, 0.25) is 10.0 Å². The minimum Gasteiger partial charge on any atom is -0.310 e. The van der Waals surface area contributed by atoms with E-state index in [-0.39, 0.29) is 27.4 Å². The van der Waals surface area contributed by atoms with Crippen LogP contribution < -0.4 is 16.0 Å². The Balaban J connectivity index is 2.96. The lowest BCUT2D eigenvalue weighted by Crippen LogP contribution is -2.29. The van der Waals surface area contributed by atoms with E-state index in [0.717, 1.165) is 17.4 Å². The summed E-state index contributed by atoms with van der Waals surface area (Å²) in [5.74, 6) is 5.64. The zero-order valence-electron chi connectivity index (χ0n) is 11.4. The first kappa shape index (κ1) is 16.8. The van der Waals surface area contributed by atoms with E-state index in [0.29, 0.717) is 5.92 Å². The largest absolute Gasteiger partial charge is 0.310 e. The quantitative estimate of drug-likeness (QED) is 0.396. The molecular weight excluding hydrogens is 304 g/mol. The van der Waals surface area contributed by atoms with Gasteiger partial charge >= 0.3 is 5.69 Å². The molecular formula is C10H18N4O4S2. The number of hydrogen-bond donors (Lipinski definition) is 3. The number of nitro groups is 1. The minimum atomic E-state index is -3.77. The molecule has 1 unspecified atom stereocenters. The number of sulfonamides is 1. The van der Waals surface area contributed by atoms with Crippen LogP contribution in [0.25, 0.3) is 0 Å². The van der Waals surface area contributed by atoms with Crippen molar-refractivity contribution in [2.75, 3.05) is 12.0 Å². The van der Waals surface area contributed by atoms with Crippen molar-refractivity contribution in [3.05, 3.63) is 16.2 Å². The van der Waals surface area contributed by atoms with Crippen molar-refractivity contribution in [2.45, 2.75) is 25.0 Å². The Labute approximate surface area is 121 Å². The number of thiophene rings is 1. The molecule has 0 aliphatic rings. The first-order valence-electron chi connectivity index (χ1n) is 5.93. The van der Waals surface area contributed by atoms with E-state index in [1.807, 2.05) is 20.8 Å². The average Bonchev–Trinajstić information content (AvgIpc) is 2.80. The number of hydrazine groups is 1. The van der Waals surface area contributed by atoms with Gasteiger partial charge in [-0.25, -0.2) is 19.0 Å². The van der Waals surface area contributed by atoms with Crippen molar-refractivity contribution in [2.24, 2.45) is 17.7 Å². The van der Waals surface area contributed by atoms with Gasteiger partial charge in [-0.05, 0) is 11.8 Å². The van der Waals surface area contributed by atoms with Crippen LogP contribution in [0.2, 0.25) is 0 Å². The zero-order chi connectivity index (χ0) is 15.5. The molecule has 4 N–H and O–H groups in total. The van der Waals surface area contributed by atoms with Crippen molar-refractivity contribution in [1.82, 2.24) is 4.72 Å². The van der Waals surface area contributed by atoms with Gasteiger partial charge in [-0.15, -0.1) is 0 Å². The number of rotatable bonds is 7. The fourth-order valence-electron chi connectivity index (χ4n) is 1.28. The Hall–Kier alpha value is -1.23. The Bertz CT molecular complexity index is 582. The van der Waals surface area contributed by atoms with Gasteiger partial charge in [-0.2, -0.15) is 0 Å². The zero-order valence-corrected chi connectivity index (χ0v) is 13.0. The summed E-state index contributed by atoms with van der Waals surface area (Å²) in [4.78, 5) is 10.1. The fourth-order valence-corrected chi connectivity index (χ4v) is 3.70. The second kappa shape index (κ2) is 6.48. The molecule has 10 heteroatoms. The van der Waals surface area contributed by atoms with Gasteiger partial charge in [-0.3, -0.25) is 10.1 Å². The van der Waals surface area contributed by atoms with E-state index >= 15 is 0 Å². The Morgan fingerprint density at radius 1 is 1.45 bits per heavy atom. The number of hydrogen-bond acceptors (Lipinski definition) is 7. The maximum atomic E-state index is 12.1. The summed E-state index contributed by atoms with van der Waals surface area (Å²) in [7, 11) is -3.77. The van der Waals surface area contributed by atoms with Crippen LogP contribution in [0.1, 0.15) is 20.8 Å². The predicted octanol–water partition coefficient (Wildman–Crippen LogP) is 1.51. The summed E-state index contributed by atoms with van der Waals surface area (Å²) < 4.78 is 26.5. The second-order valence-electron chi connectivity index (χ2n) is 4.75. The lowest BCUT2D eigenvalue weighted by atomic mass is 9.99. The number of nitrogen functional groups attached to an aromatic ring is 1.